The van der Waals surface area contributed by atoms with Crippen LogP contribution in [0.5, 0.6) is 0 Å². The van der Waals surface area contributed by atoms with Gasteiger partial charge in [-0.25, -0.2) is 0 Å². The number of rotatable bonds is 2. The van der Waals surface area contributed by atoms with Crippen LogP contribution in [0.25, 0.3) is 16.7 Å². The molecule has 132 valence electrons. The van der Waals surface area contributed by atoms with E-state index in [0.717, 1.165) is 17.0 Å². The van der Waals surface area contributed by atoms with Gasteiger partial charge in [-0.2, -0.15) is 0 Å². The smallest absolute Gasteiger partial charge is 0.0711 e. The van der Waals surface area contributed by atoms with Crippen molar-refractivity contribution in [2.45, 2.75) is 20.8 Å². The van der Waals surface area contributed by atoms with Gasteiger partial charge >= 0.3 is 0 Å². The fourth-order valence-corrected chi connectivity index (χ4v) is 2.49. The van der Waals surface area contributed by atoms with Crippen LogP contribution in [0.15, 0.2) is 85.5 Å². The van der Waals surface area contributed by atoms with E-state index in [2.05, 4.69) is 100 Å². The third-order valence-electron chi connectivity index (χ3n) is 3.63. The van der Waals surface area contributed by atoms with Gasteiger partial charge in [-0.1, -0.05) is 73.7 Å². The van der Waals surface area contributed by atoms with Gasteiger partial charge in [0.15, 0.2) is 0 Å². The van der Waals surface area contributed by atoms with E-state index in [-0.39, 0.29) is 0 Å². The number of terminal acetylenes is 1. The van der Waals surface area contributed by atoms with Gasteiger partial charge in [-0.15, -0.1) is 19.4 Å². The second-order valence-electron chi connectivity index (χ2n) is 5.88. The predicted molar refractivity (Wildman–Crippen MR) is 116 cm³/mol. The van der Waals surface area contributed by atoms with Crippen molar-refractivity contribution in [3.8, 4) is 24.0 Å². The molecule has 3 rings (SSSR count). The lowest BCUT2D eigenvalue weighted by Crippen LogP contribution is -1.92. The highest BCUT2D eigenvalue weighted by molar-refractivity contribution is 5.77. The molecule has 1 heterocycles. The molecule has 0 N–H and O–H groups in total. The van der Waals surface area contributed by atoms with Crippen LogP contribution in [-0.4, -0.2) is 4.98 Å². The first kappa shape index (κ1) is 20.9. The highest BCUT2D eigenvalue weighted by Crippen LogP contribution is 2.25. The summed E-state index contributed by atoms with van der Waals surface area (Å²) in [5, 5.41) is 0. The summed E-state index contributed by atoms with van der Waals surface area (Å²) >= 11 is 0. The van der Waals surface area contributed by atoms with Crippen LogP contribution in [0.2, 0.25) is 0 Å². The van der Waals surface area contributed by atoms with E-state index in [1.165, 1.54) is 11.1 Å². The maximum Gasteiger partial charge on any atom is 0.0711 e. The molecule has 1 aliphatic rings. The standard InChI is InChI=1S/C20H19N.C3H6.C2H2/c1-15-7-6-10-18(12-11-15)20-14-19(13-16(2)21-20)17-8-4-3-5-9-17;1-3-2;1-2/h3-15H,1-2H3;3H,1H2,2H3;1-2H. The number of aryl methyl sites for hydroxylation is 1. The molecule has 1 aliphatic carbocycles. The second kappa shape index (κ2) is 11.4. The van der Waals surface area contributed by atoms with Crippen LogP contribution in [-0.2, 0) is 0 Å². The van der Waals surface area contributed by atoms with E-state index in [9.17, 15) is 0 Å². The second-order valence-corrected chi connectivity index (χ2v) is 5.88. The molecule has 0 saturated heterocycles. The van der Waals surface area contributed by atoms with E-state index in [4.69, 9.17) is 4.98 Å². The summed E-state index contributed by atoms with van der Waals surface area (Å²) in [5.41, 5.74) is 5.68. The van der Waals surface area contributed by atoms with Crippen molar-refractivity contribution in [2.75, 3.05) is 0 Å². The summed E-state index contributed by atoms with van der Waals surface area (Å²) in [7, 11) is 0. The first-order valence-corrected chi connectivity index (χ1v) is 8.65. The summed E-state index contributed by atoms with van der Waals surface area (Å²) in [6.45, 7) is 9.48. The van der Waals surface area contributed by atoms with Crippen molar-refractivity contribution in [1.82, 2.24) is 4.98 Å². The maximum atomic E-state index is 4.70. The minimum Gasteiger partial charge on any atom is -0.253 e. The summed E-state index contributed by atoms with van der Waals surface area (Å²) in [5.74, 6) is 0.470. The Bertz CT molecular complexity index is 805. The highest BCUT2D eigenvalue weighted by atomic mass is 14.7. The highest BCUT2D eigenvalue weighted by Gasteiger charge is 2.06. The Balaban J connectivity index is 0.000000615. The molecule has 1 aromatic heterocycles. The van der Waals surface area contributed by atoms with Crippen molar-refractivity contribution in [1.29, 1.82) is 0 Å². The Morgan fingerprint density at radius 2 is 1.69 bits per heavy atom. The molecule has 0 spiro atoms. The first-order chi connectivity index (χ1) is 12.6. The molecule has 1 aromatic carbocycles. The topological polar surface area (TPSA) is 12.9 Å². The molecule has 0 aliphatic heterocycles. The predicted octanol–water partition coefficient (Wildman–Crippen LogP) is 6.64. The average molecular weight is 341 g/mol. The lowest BCUT2D eigenvalue weighted by Gasteiger charge is -2.08. The molecule has 0 fully saturated rings. The van der Waals surface area contributed by atoms with Gasteiger partial charge < -0.3 is 0 Å². The van der Waals surface area contributed by atoms with Gasteiger partial charge in [-0.05, 0) is 48.6 Å². The summed E-state index contributed by atoms with van der Waals surface area (Å²) in [4.78, 5) is 4.70. The molecular formula is C25H27N. The number of hydrogen-bond donors (Lipinski definition) is 0. The van der Waals surface area contributed by atoms with Crippen LogP contribution in [0.4, 0.5) is 0 Å². The molecule has 2 aromatic rings. The molecule has 1 unspecified atom stereocenters. The minimum absolute atomic E-state index is 0.470. The zero-order chi connectivity index (χ0) is 19.4. The number of hydrogen-bond acceptors (Lipinski definition) is 1. The van der Waals surface area contributed by atoms with Crippen LogP contribution in [0.3, 0.4) is 0 Å². The third kappa shape index (κ3) is 6.42. The molecule has 0 radical (unpaired) electrons. The Morgan fingerprint density at radius 1 is 1.04 bits per heavy atom. The van der Waals surface area contributed by atoms with Crippen molar-refractivity contribution >= 4 is 5.57 Å². The van der Waals surface area contributed by atoms with Crippen LogP contribution < -0.4 is 0 Å². The zero-order valence-corrected chi connectivity index (χ0v) is 15.9. The molecule has 0 bridgehead atoms. The van der Waals surface area contributed by atoms with Gasteiger partial charge in [0.2, 0.25) is 0 Å². The minimum atomic E-state index is 0.470. The van der Waals surface area contributed by atoms with Crippen LogP contribution in [0, 0.1) is 25.7 Å². The zero-order valence-electron chi connectivity index (χ0n) is 15.9. The number of aromatic nitrogens is 1. The fraction of sp³-hybridized carbons (Fsp3) is 0.160. The maximum absolute atomic E-state index is 4.70. The molecule has 0 amide bonds. The normalized spacial score (nSPS) is 14.7. The lowest BCUT2D eigenvalue weighted by molar-refractivity contribution is 0.943. The Labute approximate surface area is 158 Å². The first-order valence-electron chi connectivity index (χ1n) is 8.65. The number of pyridine rings is 1. The molecule has 1 nitrogen and oxygen atoms in total. The summed E-state index contributed by atoms with van der Waals surface area (Å²) in [6, 6.07) is 14.8. The van der Waals surface area contributed by atoms with Crippen molar-refractivity contribution in [2.24, 2.45) is 5.92 Å². The average Bonchev–Trinajstić information content (AvgIpc) is 2.89. The number of allylic oxidation sites excluding steroid dienone is 7. The van der Waals surface area contributed by atoms with E-state index >= 15 is 0 Å². The fourth-order valence-electron chi connectivity index (χ4n) is 2.49. The van der Waals surface area contributed by atoms with E-state index in [1.54, 1.807) is 6.08 Å². The monoisotopic (exact) mass is 341 g/mol. The van der Waals surface area contributed by atoms with Gasteiger partial charge in [-0.3, -0.25) is 4.98 Å². The van der Waals surface area contributed by atoms with Crippen LogP contribution in [0.1, 0.15) is 25.2 Å². The van der Waals surface area contributed by atoms with Gasteiger partial charge in [0.25, 0.3) is 0 Å². The lowest BCUT2D eigenvalue weighted by atomic mass is 10.0. The largest absolute Gasteiger partial charge is 0.253 e. The van der Waals surface area contributed by atoms with Crippen molar-refractivity contribution in [3.63, 3.8) is 0 Å². The van der Waals surface area contributed by atoms with Crippen LogP contribution >= 0.6 is 0 Å². The third-order valence-corrected chi connectivity index (χ3v) is 3.63. The Morgan fingerprint density at radius 3 is 2.35 bits per heavy atom. The van der Waals surface area contributed by atoms with Gasteiger partial charge in [0.05, 0.1) is 5.69 Å². The molecule has 26 heavy (non-hydrogen) atoms. The Kier molecular flexibility index (Phi) is 9.22. The van der Waals surface area contributed by atoms with Crippen molar-refractivity contribution in [3.05, 3.63) is 96.9 Å². The van der Waals surface area contributed by atoms with Crippen molar-refractivity contribution < 1.29 is 0 Å². The van der Waals surface area contributed by atoms with E-state index in [0.29, 0.717) is 5.92 Å². The SMILES string of the molecule is C#C.C=CC.Cc1cc(-c2ccccc2)cc(C2=CC=CC(C)C=C2)n1. The van der Waals surface area contributed by atoms with E-state index < -0.39 is 0 Å². The molecule has 0 saturated carbocycles. The number of benzene rings is 1. The summed E-state index contributed by atoms with van der Waals surface area (Å²) in [6.07, 6.45) is 20.6. The quantitative estimate of drug-likeness (QED) is 0.440. The van der Waals surface area contributed by atoms with Gasteiger partial charge in [0, 0.05) is 5.69 Å². The Hall–Kier alpha value is -3.11. The number of nitrogens with zero attached hydrogens (tertiary/aromatic N) is 1. The van der Waals surface area contributed by atoms with E-state index in [1.807, 2.05) is 13.0 Å². The van der Waals surface area contributed by atoms with Gasteiger partial charge in [0.1, 0.15) is 0 Å². The molecule has 1 heteroatoms. The summed E-state index contributed by atoms with van der Waals surface area (Å²) < 4.78 is 0. The molecule has 1 atom stereocenters. The molecular weight excluding hydrogens is 314 g/mol.